The Bertz CT molecular complexity index is 1340. The fraction of sp³-hybridized carbons (Fsp3) is 0.455. The van der Waals surface area contributed by atoms with E-state index in [0.717, 1.165) is 42.5 Å². The van der Waals surface area contributed by atoms with Crippen LogP contribution in [0.3, 0.4) is 0 Å². The third kappa shape index (κ3) is 3.08. The predicted molar refractivity (Wildman–Crippen MR) is 122 cm³/mol. The van der Waals surface area contributed by atoms with Crippen LogP contribution in [0.25, 0.3) is 21.3 Å². The molecule has 2 heterocycles. The van der Waals surface area contributed by atoms with E-state index >= 15 is 4.39 Å². The van der Waals surface area contributed by atoms with Crippen molar-refractivity contribution in [2.75, 3.05) is 19.5 Å². The molecule has 2 unspecified atom stereocenters. The van der Waals surface area contributed by atoms with Crippen LogP contribution in [0.15, 0.2) is 15.7 Å². The van der Waals surface area contributed by atoms with Gasteiger partial charge in [-0.1, -0.05) is 0 Å². The molecule has 0 bridgehead atoms. The highest BCUT2D eigenvalue weighted by atomic mass is 32.1. The van der Waals surface area contributed by atoms with Crippen molar-refractivity contribution in [3.63, 3.8) is 0 Å². The summed E-state index contributed by atoms with van der Waals surface area (Å²) in [6.07, 6.45) is 4.19. The van der Waals surface area contributed by atoms with Crippen molar-refractivity contribution in [3.8, 4) is 16.2 Å². The molecule has 1 aromatic carbocycles. The number of benzene rings is 1. The fourth-order valence-electron chi connectivity index (χ4n) is 4.87. The minimum absolute atomic E-state index is 0.0203. The number of H-pyrrole nitrogens is 1. The lowest BCUT2D eigenvalue weighted by molar-refractivity contribution is 0.242. The zero-order valence-electron chi connectivity index (χ0n) is 17.6. The number of anilines is 1. The lowest BCUT2D eigenvalue weighted by Gasteiger charge is -2.26. The largest absolute Gasteiger partial charge is 0.494 e. The zero-order chi connectivity index (χ0) is 22.7. The van der Waals surface area contributed by atoms with Crippen molar-refractivity contribution in [3.05, 3.63) is 43.2 Å². The number of methoxy groups -OCH3 is 1. The first-order valence-electron chi connectivity index (χ1n) is 10.7. The first-order chi connectivity index (χ1) is 15.4. The van der Waals surface area contributed by atoms with Crippen molar-refractivity contribution in [1.82, 2.24) is 9.55 Å². The molecule has 2 aromatic heterocycles. The molecule has 8 nitrogen and oxygen atoms in total. The van der Waals surface area contributed by atoms with Gasteiger partial charge in [0.25, 0.3) is 5.56 Å². The highest BCUT2D eigenvalue weighted by Gasteiger charge is 2.34. The van der Waals surface area contributed by atoms with Crippen molar-refractivity contribution in [1.29, 1.82) is 0 Å². The number of nitrogens with two attached hydrogens (primary N) is 2. The average molecular weight is 461 g/mol. The van der Waals surface area contributed by atoms with Gasteiger partial charge in [0, 0.05) is 27.8 Å². The quantitative estimate of drug-likeness (QED) is 0.431. The summed E-state index contributed by atoms with van der Waals surface area (Å²) in [5.74, 6) is -0.640. The van der Waals surface area contributed by atoms with Gasteiger partial charge in [-0.3, -0.25) is 14.3 Å². The first kappa shape index (κ1) is 21.2. The Morgan fingerprint density at radius 2 is 2.12 bits per heavy atom. The Balaban J connectivity index is 1.82. The van der Waals surface area contributed by atoms with Gasteiger partial charge in [0.15, 0.2) is 11.6 Å². The predicted octanol–water partition coefficient (Wildman–Crippen LogP) is 2.22. The van der Waals surface area contributed by atoms with E-state index in [9.17, 15) is 14.7 Å². The third-order valence-corrected chi connectivity index (χ3v) is 7.79. The van der Waals surface area contributed by atoms with Gasteiger partial charge in [-0.2, -0.15) is 0 Å². The van der Waals surface area contributed by atoms with Gasteiger partial charge in [0.05, 0.1) is 30.4 Å². The zero-order valence-corrected chi connectivity index (χ0v) is 18.4. The number of rotatable bonds is 5. The molecular formula is C22H25FN4O4S. The SMILES string of the molecule is COc1c(-c2cc3c(s2)CCCC3C(N)CO)c(F)c(N)c2c(=O)[nH]c(=O)n(C3CC3)c12. The van der Waals surface area contributed by atoms with Gasteiger partial charge in [0.2, 0.25) is 0 Å². The molecule has 32 heavy (non-hydrogen) atoms. The summed E-state index contributed by atoms with van der Waals surface area (Å²) in [5, 5.41) is 9.50. The van der Waals surface area contributed by atoms with Crippen LogP contribution in [0.1, 0.15) is 48.1 Å². The van der Waals surface area contributed by atoms with Crippen LogP contribution in [-0.2, 0) is 6.42 Å². The number of aliphatic hydroxyl groups is 1. The molecular weight excluding hydrogens is 435 g/mol. The Hall–Kier alpha value is -2.69. The van der Waals surface area contributed by atoms with E-state index in [4.69, 9.17) is 16.2 Å². The van der Waals surface area contributed by atoms with Crippen LogP contribution >= 0.6 is 11.3 Å². The maximum Gasteiger partial charge on any atom is 0.329 e. The van der Waals surface area contributed by atoms with Gasteiger partial charge in [-0.05, 0) is 43.7 Å². The number of fused-ring (bicyclic) bond motifs is 2. The molecule has 2 aliphatic rings. The highest BCUT2D eigenvalue weighted by molar-refractivity contribution is 7.15. The summed E-state index contributed by atoms with van der Waals surface area (Å²) < 4.78 is 22.8. The molecule has 1 saturated carbocycles. The Morgan fingerprint density at radius 3 is 2.78 bits per heavy atom. The third-order valence-electron chi connectivity index (χ3n) is 6.56. The summed E-state index contributed by atoms with van der Waals surface area (Å²) in [4.78, 5) is 29.2. The van der Waals surface area contributed by atoms with E-state index in [0.29, 0.717) is 4.88 Å². The van der Waals surface area contributed by atoms with Gasteiger partial charge < -0.3 is 21.3 Å². The topological polar surface area (TPSA) is 136 Å². The molecule has 0 aliphatic heterocycles. The molecule has 170 valence electrons. The number of halogens is 1. The number of nitrogens with one attached hydrogen (secondary N) is 1. The maximum absolute atomic E-state index is 15.7. The minimum atomic E-state index is -0.748. The van der Waals surface area contributed by atoms with Crippen molar-refractivity contribution < 1.29 is 14.2 Å². The minimum Gasteiger partial charge on any atom is -0.494 e. The molecule has 0 spiro atoms. The Labute approximate surface area is 186 Å². The lowest BCUT2D eigenvalue weighted by Crippen LogP contribution is -2.33. The number of nitrogens with zero attached hydrogens (tertiary/aromatic N) is 1. The van der Waals surface area contributed by atoms with Crippen LogP contribution in [0, 0.1) is 5.82 Å². The standard InChI is InChI=1S/C22H25FN4O4S/c1-31-20-15(14-7-11-10(12(24)8-28)3-2-4-13(11)32-14)17(23)18(25)16-19(20)27(9-5-6-9)22(30)26-21(16)29/h7,9-10,12,28H,2-6,8,24-25H2,1H3,(H,26,29,30). The van der Waals surface area contributed by atoms with Crippen LogP contribution in [0.5, 0.6) is 5.75 Å². The second-order valence-electron chi connectivity index (χ2n) is 8.55. The fourth-order valence-corrected chi connectivity index (χ4v) is 6.18. The van der Waals surface area contributed by atoms with E-state index in [1.165, 1.54) is 23.0 Å². The molecule has 0 amide bonds. The molecule has 1 fully saturated rings. The summed E-state index contributed by atoms with van der Waals surface area (Å²) in [6, 6.07) is 1.40. The van der Waals surface area contributed by atoms with E-state index in [2.05, 4.69) is 4.98 Å². The summed E-state index contributed by atoms with van der Waals surface area (Å²) in [7, 11) is 1.40. The molecule has 6 N–H and O–H groups in total. The van der Waals surface area contributed by atoms with E-state index < -0.39 is 23.1 Å². The number of nitrogen functional groups attached to an aromatic ring is 1. The van der Waals surface area contributed by atoms with Crippen LogP contribution < -0.4 is 27.5 Å². The number of aliphatic hydroxyl groups excluding tert-OH is 1. The smallest absolute Gasteiger partial charge is 0.329 e. The van der Waals surface area contributed by atoms with Gasteiger partial charge in [0.1, 0.15) is 5.52 Å². The Kier molecular flexibility index (Phi) is 5.11. The van der Waals surface area contributed by atoms with Crippen molar-refractivity contribution in [2.45, 2.75) is 50.1 Å². The van der Waals surface area contributed by atoms with Crippen molar-refractivity contribution in [2.24, 2.45) is 5.73 Å². The second-order valence-corrected chi connectivity index (χ2v) is 9.69. The number of thiophene rings is 1. The number of hydrogen-bond donors (Lipinski definition) is 4. The molecule has 0 radical (unpaired) electrons. The van der Waals surface area contributed by atoms with Crippen LogP contribution in [-0.4, -0.2) is 34.4 Å². The molecule has 5 rings (SSSR count). The van der Waals surface area contributed by atoms with E-state index in [1.54, 1.807) is 0 Å². The first-order valence-corrected chi connectivity index (χ1v) is 11.5. The second kappa shape index (κ2) is 7.72. The number of ether oxygens (including phenoxy) is 1. The molecule has 2 aliphatic carbocycles. The Morgan fingerprint density at radius 1 is 1.38 bits per heavy atom. The van der Waals surface area contributed by atoms with E-state index in [-0.39, 0.29) is 46.5 Å². The molecule has 10 heteroatoms. The number of aromatic nitrogens is 2. The monoisotopic (exact) mass is 460 g/mol. The molecule has 3 aromatic rings. The van der Waals surface area contributed by atoms with E-state index in [1.807, 2.05) is 6.07 Å². The summed E-state index contributed by atoms with van der Waals surface area (Å²) in [6.45, 7) is -0.133. The summed E-state index contributed by atoms with van der Waals surface area (Å²) >= 11 is 1.43. The van der Waals surface area contributed by atoms with Crippen molar-refractivity contribution >= 4 is 27.9 Å². The van der Waals surface area contributed by atoms with Gasteiger partial charge in [-0.15, -0.1) is 11.3 Å². The average Bonchev–Trinajstić information content (AvgIpc) is 3.51. The van der Waals surface area contributed by atoms with Crippen LogP contribution in [0.4, 0.5) is 10.1 Å². The lowest BCUT2D eigenvalue weighted by atomic mass is 9.83. The van der Waals surface area contributed by atoms with Gasteiger partial charge >= 0.3 is 5.69 Å². The number of hydrogen-bond acceptors (Lipinski definition) is 7. The maximum atomic E-state index is 15.7. The molecule has 2 atom stereocenters. The highest BCUT2D eigenvalue weighted by Crippen LogP contribution is 2.49. The van der Waals surface area contributed by atoms with Gasteiger partial charge in [-0.25, -0.2) is 9.18 Å². The number of aromatic amines is 1. The normalized spacial score (nSPS) is 19.2. The summed E-state index contributed by atoms with van der Waals surface area (Å²) in [5.41, 5.74) is 12.1. The number of aryl methyl sites for hydroxylation is 1. The van der Waals surface area contributed by atoms with Crippen LogP contribution in [0.2, 0.25) is 0 Å². The molecule has 0 saturated heterocycles.